The van der Waals surface area contributed by atoms with Gasteiger partial charge in [-0.3, -0.25) is 4.79 Å². The minimum Gasteiger partial charge on any atom is -0.300 e. The fraction of sp³-hybridized carbons (Fsp3) is 0.267. The Morgan fingerprint density at radius 2 is 1.71 bits per heavy atom. The number of hydrogen-bond acceptors (Lipinski definition) is 2. The number of aryl methyl sites for hydroxylation is 2. The first-order chi connectivity index (χ1) is 8.34. The molecular weight excluding hydrogens is 228 g/mol. The standard InChI is InChI=1S/C15H16OS/c16-14(10-11-15-7-4-12-17-15)9-8-13-5-2-1-3-6-13/h1-7,12H,8-11H2. The number of rotatable bonds is 6. The lowest BCUT2D eigenvalue weighted by Crippen LogP contribution is -2.01. The van der Waals surface area contributed by atoms with Crippen LogP contribution in [-0.2, 0) is 17.6 Å². The van der Waals surface area contributed by atoms with Crippen LogP contribution in [0, 0.1) is 0 Å². The van der Waals surface area contributed by atoms with Gasteiger partial charge in [-0.2, -0.15) is 0 Å². The smallest absolute Gasteiger partial charge is 0.133 e. The molecule has 0 radical (unpaired) electrons. The van der Waals surface area contributed by atoms with Crippen LogP contribution in [0.5, 0.6) is 0 Å². The lowest BCUT2D eigenvalue weighted by molar-refractivity contribution is -0.119. The van der Waals surface area contributed by atoms with E-state index >= 15 is 0 Å². The molecule has 0 saturated carbocycles. The summed E-state index contributed by atoms with van der Waals surface area (Å²) in [5, 5.41) is 2.06. The van der Waals surface area contributed by atoms with E-state index in [2.05, 4.69) is 23.6 Å². The first kappa shape index (κ1) is 12.1. The summed E-state index contributed by atoms with van der Waals surface area (Å²) < 4.78 is 0. The van der Waals surface area contributed by atoms with E-state index in [1.807, 2.05) is 24.3 Å². The van der Waals surface area contributed by atoms with Crippen molar-refractivity contribution in [3.05, 3.63) is 58.3 Å². The topological polar surface area (TPSA) is 17.1 Å². The van der Waals surface area contributed by atoms with Crippen LogP contribution in [-0.4, -0.2) is 5.78 Å². The van der Waals surface area contributed by atoms with E-state index in [4.69, 9.17) is 0 Å². The Balaban J connectivity index is 1.71. The third-order valence-corrected chi connectivity index (χ3v) is 3.70. The Labute approximate surface area is 106 Å². The number of carbonyl (C=O) groups is 1. The van der Waals surface area contributed by atoms with Crippen molar-refractivity contribution in [2.45, 2.75) is 25.7 Å². The molecular formula is C15H16OS. The molecule has 17 heavy (non-hydrogen) atoms. The fourth-order valence-electron chi connectivity index (χ4n) is 1.77. The Morgan fingerprint density at radius 1 is 0.941 bits per heavy atom. The van der Waals surface area contributed by atoms with Crippen LogP contribution in [0.1, 0.15) is 23.3 Å². The van der Waals surface area contributed by atoms with Crippen LogP contribution in [0.25, 0.3) is 0 Å². The average Bonchev–Trinajstić information content (AvgIpc) is 2.88. The number of Topliss-reactive ketones (excluding diaryl/α,β-unsaturated/α-hetero) is 1. The molecule has 2 rings (SSSR count). The molecule has 1 heterocycles. The SMILES string of the molecule is O=C(CCc1ccccc1)CCc1cccs1. The Kier molecular flexibility index (Phi) is 4.51. The van der Waals surface area contributed by atoms with Crippen molar-refractivity contribution < 1.29 is 4.79 Å². The van der Waals surface area contributed by atoms with E-state index in [1.165, 1.54) is 10.4 Å². The highest BCUT2D eigenvalue weighted by molar-refractivity contribution is 7.09. The van der Waals surface area contributed by atoms with E-state index in [-0.39, 0.29) is 0 Å². The zero-order chi connectivity index (χ0) is 11.9. The third kappa shape index (κ3) is 4.16. The number of hydrogen-bond donors (Lipinski definition) is 0. The molecule has 0 spiro atoms. The Morgan fingerprint density at radius 3 is 2.41 bits per heavy atom. The van der Waals surface area contributed by atoms with Crippen molar-refractivity contribution in [2.75, 3.05) is 0 Å². The van der Waals surface area contributed by atoms with Crippen molar-refractivity contribution in [1.29, 1.82) is 0 Å². The molecule has 1 aromatic heterocycles. The normalized spacial score (nSPS) is 10.4. The van der Waals surface area contributed by atoms with Gasteiger partial charge in [-0.05, 0) is 29.9 Å². The molecule has 2 aromatic rings. The van der Waals surface area contributed by atoms with Crippen molar-refractivity contribution in [2.24, 2.45) is 0 Å². The van der Waals surface area contributed by atoms with Crippen LogP contribution in [0.3, 0.4) is 0 Å². The molecule has 0 aliphatic heterocycles. The number of thiophene rings is 1. The highest BCUT2D eigenvalue weighted by Gasteiger charge is 2.03. The van der Waals surface area contributed by atoms with Gasteiger partial charge in [0.05, 0.1) is 0 Å². The lowest BCUT2D eigenvalue weighted by atomic mass is 10.0. The zero-order valence-electron chi connectivity index (χ0n) is 9.76. The van der Waals surface area contributed by atoms with Crippen LogP contribution >= 0.6 is 11.3 Å². The van der Waals surface area contributed by atoms with E-state index in [9.17, 15) is 4.79 Å². The van der Waals surface area contributed by atoms with Crippen molar-refractivity contribution >= 4 is 17.1 Å². The first-order valence-corrected chi connectivity index (χ1v) is 6.80. The molecule has 0 N–H and O–H groups in total. The largest absolute Gasteiger partial charge is 0.300 e. The van der Waals surface area contributed by atoms with Gasteiger partial charge in [0.15, 0.2) is 0 Å². The van der Waals surface area contributed by atoms with Gasteiger partial charge >= 0.3 is 0 Å². The van der Waals surface area contributed by atoms with Crippen LogP contribution in [0.4, 0.5) is 0 Å². The van der Waals surface area contributed by atoms with Crippen LogP contribution in [0.15, 0.2) is 47.8 Å². The summed E-state index contributed by atoms with van der Waals surface area (Å²) in [5.41, 5.74) is 1.25. The van der Waals surface area contributed by atoms with Gasteiger partial charge in [0.25, 0.3) is 0 Å². The Hall–Kier alpha value is -1.41. The molecule has 1 aromatic carbocycles. The summed E-state index contributed by atoms with van der Waals surface area (Å²) in [6.45, 7) is 0. The zero-order valence-corrected chi connectivity index (χ0v) is 10.6. The maximum Gasteiger partial charge on any atom is 0.133 e. The molecule has 0 aliphatic rings. The van der Waals surface area contributed by atoms with E-state index < -0.39 is 0 Å². The second kappa shape index (κ2) is 6.36. The summed E-state index contributed by atoms with van der Waals surface area (Å²) in [7, 11) is 0. The maximum atomic E-state index is 11.7. The second-order valence-corrected chi connectivity index (χ2v) is 5.14. The molecule has 0 atom stereocenters. The average molecular weight is 244 g/mol. The van der Waals surface area contributed by atoms with Gasteiger partial charge in [0.2, 0.25) is 0 Å². The number of carbonyl (C=O) groups excluding carboxylic acids is 1. The molecule has 0 aliphatic carbocycles. The predicted octanol–water partition coefficient (Wildman–Crippen LogP) is 3.88. The van der Waals surface area contributed by atoms with Gasteiger partial charge in [-0.1, -0.05) is 36.4 Å². The van der Waals surface area contributed by atoms with Crippen molar-refractivity contribution in [3.8, 4) is 0 Å². The van der Waals surface area contributed by atoms with Crippen LogP contribution in [0.2, 0.25) is 0 Å². The van der Waals surface area contributed by atoms with E-state index in [0.29, 0.717) is 18.6 Å². The minimum atomic E-state index is 0.363. The van der Waals surface area contributed by atoms with Gasteiger partial charge in [-0.25, -0.2) is 0 Å². The summed E-state index contributed by atoms with van der Waals surface area (Å²) in [4.78, 5) is 13.0. The molecule has 0 bridgehead atoms. The van der Waals surface area contributed by atoms with Gasteiger partial charge in [0.1, 0.15) is 5.78 Å². The van der Waals surface area contributed by atoms with Gasteiger partial charge in [-0.15, -0.1) is 11.3 Å². The van der Waals surface area contributed by atoms with Crippen molar-refractivity contribution in [3.63, 3.8) is 0 Å². The molecule has 0 saturated heterocycles. The highest BCUT2D eigenvalue weighted by Crippen LogP contribution is 2.12. The molecule has 0 fully saturated rings. The fourth-order valence-corrected chi connectivity index (χ4v) is 2.48. The van der Waals surface area contributed by atoms with Crippen LogP contribution < -0.4 is 0 Å². The summed E-state index contributed by atoms with van der Waals surface area (Å²) >= 11 is 1.73. The molecule has 88 valence electrons. The first-order valence-electron chi connectivity index (χ1n) is 5.92. The highest BCUT2D eigenvalue weighted by atomic mass is 32.1. The quantitative estimate of drug-likeness (QED) is 0.753. The number of ketones is 1. The second-order valence-electron chi connectivity index (χ2n) is 4.10. The van der Waals surface area contributed by atoms with Gasteiger partial charge < -0.3 is 0 Å². The Bertz CT molecular complexity index is 445. The summed E-state index contributed by atoms with van der Waals surface area (Å²) in [5.74, 6) is 0.363. The van der Waals surface area contributed by atoms with Crippen molar-refractivity contribution in [1.82, 2.24) is 0 Å². The van der Waals surface area contributed by atoms with E-state index in [1.54, 1.807) is 11.3 Å². The molecule has 2 heteroatoms. The number of benzene rings is 1. The summed E-state index contributed by atoms with van der Waals surface area (Å²) in [6.07, 6.45) is 3.10. The predicted molar refractivity (Wildman–Crippen MR) is 72.4 cm³/mol. The van der Waals surface area contributed by atoms with E-state index in [0.717, 1.165) is 12.8 Å². The summed E-state index contributed by atoms with van der Waals surface area (Å²) in [6, 6.07) is 14.3. The minimum absolute atomic E-state index is 0.363. The molecule has 0 amide bonds. The lowest BCUT2D eigenvalue weighted by Gasteiger charge is -2.00. The monoisotopic (exact) mass is 244 g/mol. The third-order valence-electron chi connectivity index (χ3n) is 2.77. The molecule has 0 unspecified atom stereocenters. The maximum absolute atomic E-state index is 11.7. The molecule has 1 nitrogen and oxygen atoms in total. The van der Waals surface area contributed by atoms with Gasteiger partial charge in [0, 0.05) is 17.7 Å².